The van der Waals surface area contributed by atoms with Crippen molar-refractivity contribution in [3.05, 3.63) is 36.7 Å². The van der Waals surface area contributed by atoms with Crippen LogP contribution in [0.15, 0.2) is 36.7 Å². The van der Waals surface area contributed by atoms with Crippen LogP contribution < -0.4 is 10.0 Å². The van der Waals surface area contributed by atoms with Crippen LogP contribution in [0.5, 0.6) is 0 Å². The Labute approximate surface area is 113 Å². The zero-order valence-electron chi connectivity index (χ0n) is 10.8. The minimum atomic E-state index is -3.34. The van der Waals surface area contributed by atoms with E-state index in [0.717, 1.165) is 17.3 Å². The Morgan fingerprint density at radius 3 is 2.89 bits per heavy atom. The molecule has 2 rings (SSSR count). The second-order valence-corrected chi connectivity index (χ2v) is 6.02. The molecule has 0 aliphatic heterocycles. The van der Waals surface area contributed by atoms with Crippen LogP contribution in [-0.2, 0) is 10.0 Å². The Bertz CT molecular complexity index is 650. The molecule has 0 radical (unpaired) electrons. The average Bonchev–Trinajstić information content (AvgIpc) is 2.39. The van der Waals surface area contributed by atoms with Gasteiger partial charge in [0.1, 0.15) is 0 Å². The van der Waals surface area contributed by atoms with E-state index in [1.807, 2.05) is 25.1 Å². The van der Waals surface area contributed by atoms with Crippen molar-refractivity contribution in [2.45, 2.75) is 6.92 Å². The molecule has 0 spiro atoms. The maximum atomic E-state index is 11.9. The summed E-state index contributed by atoms with van der Waals surface area (Å²) < 4.78 is 26.5. The minimum Gasteiger partial charge on any atom is -0.316 e. The molecule has 102 valence electrons. The zero-order chi connectivity index (χ0) is 13.7. The van der Waals surface area contributed by atoms with Gasteiger partial charge >= 0.3 is 0 Å². The van der Waals surface area contributed by atoms with Crippen molar-refractivity contribution in [1.29, 1.82) is 0 Å². The lowest BCUT2D eigenvalue weighted by Gasteiger charge is -2.10. The number of nitrogens with one attached hydrogen (secondary N) is 2. The van der Waals surface area contributed by atoms with Gasteiger partial charge in [-0.05, 0) is 24.1 Å². The van der Waals surface area contributed by atoms with Crippen LogP contribution in [0.4, 0.5) is 5.69 Å². The van der Waals surface area contributed by atoms with E-state index >= 15 is 0 Å². The van der Waals surface area contributed by atoms with Crippen LogP contribution in [0.2, 0.25) is 0 Å². The van der Waals surface area contributed by atoms with E-state index in [1.54, 1.807) is 18.5 Å². The van der Waals surface area contributed by atoms with Crippen molar-refractivity contribution in [1.82, 2.24) is 10.3 Å². The van der Waals surface area contributed by atoms with Gasteiger partial charge in [-0.15, -0.1) is 0 Å². The predicted molar refractivity (Wildman–Crippen MR) is 77.7 cm³/mol. The first-order valence-electron chi connectivity index (χ1n) is 6.16. The molecular weight excluding hydrogens is 262 g/mol. The van der Waals surface area contributed by atoms with Crippen molar-refractivity contribution in [3.8, 4) is 0 Å². The second-order valence-electron chi connectivity index (χ2n) is 4.18. The first kappa shape index (κ1) is 13.8. The Morgan fingerprint density at radius 2 is 2.11 bits per heavy atom. The van der Waals surface area contributed by atoms with Crippen LogP contribution in [0, 0.1) is 0 Å². The van der Waals surface area contributed by atoms with E-state index < -0.39 is 10.0 Å². The number of fused-ring (bicyclic) bond motifs is 1. The molecule has 6 heteroatoms. The Hall–Kier alpha value is -1.66. The number of rotatable bonds is 6. The first-order valence-corrected chi connectivity index (χ1v) is 7.81. The van der Waals surface area contributed by atoms with Crippen LogP contribution in [0.25, 0.3) is 10.8 Å². The third kappa shape index (κ3) is 3.65. The number of sulfonamides is 1. The van der Waals surface area contributed by atoms with Gasteiger partial charge in [-0.1, -0.05) is 19.1 Å². The third-order valence-electron chi connectivity index (χ3n) is 2.75. The van der Waals surface area contributed by atoms with Crippen LogP contribution in [0.3, 0.4) is 0 Å². The summed E-state index contributed by atoms with van der Waals surface area (Å²) in [4.78, 5) is 4.03. The SMILES string of the molecule is CCNCCS(=O)(=O)Nc1cccc2ccncc12. The van der Waals surface area contributed by atoms with Gasteiger partial charge in [-0.2, -0.15) is 0 Å². The van der Waals surface area contributed by atoms with E-state index in [-0.39, 0.29) is 5.75 Å². The summed E-state index contributed by atoms with van der Waals surface area (Å²) in [5, 5.41) is 4.76. The Balaban J connectivity index is 2.21. The molecule has 0 aliphatic carbocycles. The molecular formula is C13H17N3O2S. The maximum Gasteiger partial charge on any atom is 0.233 e. The predicted octanol–water partition coefficient (Wildman–Crippen LogP) is 1.59. The summed E-state index contributed by atoms with van der Waals surface area (Å²) in [5.41, 5.74) is 0.571. The van der Waals surface area contributed by atoms with Gasteiger partial charge in [-0.25, -0.2) is 8.42 Å². The van der Waals surface area contributed by atoms with E-state index in [1.165, 1.54) is 0 Å². The van der Waals surface area contributed by atoms with Crippen molar-refractivity contribution in [2.75, 3.05) is 23.6 Å². The molecule has 0 saturated carbocycles. The number of benzene rings is 1. The van der Waals surface area contributed by atoms with Crippen molar-refractivity contribution in [3.63, 3.8) is 0 Å². The minimum absolute atomic E-state index is 0.0531. The summed E-state index contributed by atoms with van der Waals surface area (Å²) in [5.74, 6) is 0.0531. The summed E-state index contributed by atoms with van der Waals surface area (Å²) in [6.45, 7) is 3.14. The molecule has 0 unspecified atom stereocenters. The highest BCUT2D eigenvalue weighted by molar-refractivity contribution is 7.92. The first-order chi connectivity index (χ1) is 9.12. The molecule has 0 aliphatic rings. The summed E-state index contributed by atoms with van der Waals surface area (Å²) in [6, 6.07) is 7.35. The quantitative estimate of drug-likeness (QED) is 0.788. The van der Waals surface area contributed by atoms with Crippen molar-refractivity contribution >= 4 is 26.5 Å². The highest BCUT2D eigenvalue weighted by Crippen LogP contribution is 2.22. The Morgan fingerprint density at radius 1 is 1.26 bits per heavy atom. The zero-order valence-corrected chi connectivity index (χ0v) is 11.6. The van der Waals surface area contributed by atoms with E-state index in [4.69, 9.17) is 0 Å². The lowest BCUT2D eigenvalue weighted by atomic mass is 10.1. The number of aromatic nitrogens is 1. The van der Waals surface area contributed by atoms with Gasteiger partial charge in [0, 0.05) is 24.3 Å². The number of pyridine rings is 1. The van der Waals surface area contributed by atoms with Gasteiger partial charge in [0.05, 0.1) is 11.4 Å². The highest BCUT2D eigenvalue weighted by atomic mass is 32.2. The fourth-order valence-electron chi connectivity index (χ4n) is 1.80. The van der Waals surface area contributed by atoms with E-state index in [0.29, 0.717) is 12.2 Å². The summed E-state index contributed by atoms with van der Waals surface area (Å²) in [6.07, 6.45) is 3.35. The summed E-state index contributed by atoms with van der Waals surface area (Å²) >= 11 is 0. The van der Waals surface area contributed by atoms with Gasteiger partial charge in [0.15, 0.2) is 0 Å². The number of anilines is 1. The molecule has 19 heavy (non-hydrogen) atoms. The average molecular weight is 279 g/mol. The largest absolute Gasteiger partial charge is 0.316 e. The molecule has 1 aromatic heterocycles. The maximum absolute atomic E-state index is 11.9. The normalized spacial score (nSPS) is 11.6. The van der Waals surface area contributed by atoms with Gasteiger partial charge in [0.25, 0.3) is 0 Å². The van der Waals surface area contributed by atoms with Crippen LogP contribution in [0.1, 0.15) is 6.92 Å². The van der Waals surface area contributed by atoms with Crippen LogP contribution in [-0.4, -0.2) is 32.2 Å². The highest BCUT2D eigenvalue weighted by Gasteiger charge is 2.11. The summed E-state index contributed by atoms with van der Waals surface area (Å²) in [7, 11) is -3.34. The number of nitrogens with zero attached hydrogens (tertiary/aromatic N) is 1. The Kier molecular flexibility index (Phi) is 4.34. The monoisotopic (exact) mass is 279 g/mol. The lowest BCUT2D eigenvalue weighted by Crippen LogP contribution is -2.26. The molecule has 1 heterocycles. The van der Waals surface area contributed by atoms with Gasteiger partial charge in [-0.3, -0.25) is 9.71 Å². The fourth-order valence-corrected chi connectivity index (χ4v) is 2.83. The molecule has 0 amide bonds. The smallest absolute Gasteiger partial charge is 0.233 e. The third-order valence-corrected chi connectivity index (χ3v) is 4.02. The number of hydrogen-bond acceptors (Lipinski definition) is 4. The number of hydrogen-bond donors (Lipinski definition) is 2. The van der Waals surface area contributed by atoms with Gasteiger partial charge < -0.3 is 5.32 Å². The topological polar surface area (TPSA) is 71.1 Å². The van der Waals surface area contributed by atoms with E-state index in [9.17, 15) is 8.42 Å². The van der Waals surface area contributed by atoms with Crippen LogP contribution >= 0.6 is 0 Å². The fraction of sp³-hybridized carbons (Fsp3) is 0.308. The van der Waals surface area contributed by atoms with Crippen molar-refractivity contribution in [2.24, 2.45) is 0 Å². The standard InChI is InChI=1S/C13H17N3O2S/c1-2-14-8-9-19(17,18)16-13-5-3-4-11-6-7-15-10-12(11)13/h3-7,10,14,16H,2,8-9H2,1H3. The second kappa shape index (κ2) is 5.99. The molecule has 0 bridgehead atoms. The van der Waals surface area contributed by atoms with Crippen molar-refractivity contribution < 1.29 is 8.42 Å². The lowest BCUT2D eigenvalue weighted by molar-refractivity contribution is 0.597. The molecule has 5 nitrogen and oxygen atoms in total. The van der Waals surface area contributed by atoms with Gasteiger partial charge in [0.2, 0.25) is 10.0 Å². The molecule has 2 N–H and O–H groups in total. The molecule has 0 fully saturated rings. The molecule has 1 aromatic carbocycles. The molecule has 0 saturated heterocycles. The van der Waals surface area contributed by atoms with E-state index in [2.05, 4.69) is 15.0 Å². The molecule has 2 aromatic rings. The molecule has 0 atom stereocenters.